The highest BCUT2D eigenvalue weighted by Gasteiger charge is 2.11. The summed E-state index contributed by atoms with van der Waals surface area (Å²) in [5.74, 6) is 1.88. The van der Waals surface area contributed by atoms with Crippen molar-refractivity contribution in [1.82, 2.24) is 14.6 Å². The van der Waals surface area contributed by atoms with Crippen LogP contribution in [0.2, 0.25) is 0 Å². The van der Waals surface area contributed by atoms with Gasteiger partial charge in [-0.15, -0.1) is 0 Å². The summed E-state index contributed by atoms with van der Waals surface area (Å²) in [4.78, 5) is 4.41. The first-order valence-electron chi connectivity index (χ1n) is 7.20. The van der Waals surface area contributed by atoms with Gasteiger partial charge in [0.25, 0.3) is 0 Å². The van der Waals surface area contributed by atoms with E-state index in [1.54, 1.807) is 41.4 Å². The zero-order chi connectivity index (χ0) is 15.6. The number of hydrogen-bond donors (Lipinski definition) is 2. The van der Waals surface area contributed by atoms with Crippen LogP contribution >= 0.6 is 0 Å². The van der Waals surface area contributed by atoms with E-state index in [0.29, 0.717) is 6.54 Å². The monoisotopic (exact) mass is 306 g/mol. The Labute approximate surface area is 132 Å². The third-order valence-corrected chi connectivity index (χ3v) is 3.58. The molecule has 0 atom stereocenters. The molecule has 2 N–H and O–H groups in total. The highest BCUT2D eigenvalue weighted by atomic mass is 16.3. The maximum Gasteiger partial charge on any atom is 0.165 e. The maximum atomic E-state index is 9.66. The fraction of sp³-hybridized carbons (Fsp3) is 0.0588. The molecule has 4 rings (SSSR count). The molecule has 0 saturated heterocycles. The molecule has 3 aromatic heterocycles. The Hall–Kier alpha value is -3.28. The Morgan fingerprint density at radius 3 is 2.96 bits per heavy atom. The molecule has 23 heavy (non-hydrogen) atoms. The predicted molar refractivity (Wildman–Crippen MR) is 86.1 cm³/mol. The number of fused-ring (bicyclic) bond motifs is 1. The highest BCUT2D eigenvalue weighted by Crippen LogP contribution is 2.27. The first-order chi connectivity index (χ1) is 11.3. The number of nitrogens with one attached hydrogen (secondary N) is 1. The lowest BCUT2D eigenvalue weighted by molar-refractivity contribution is 0.475. The van der Waals surface area contributed by atoms with Gasteiger partial charge >= 0.3 is 0 Å². The Balaban J connectivity index is 1.71. The van der Waals surface area contributed by atoms with E-state index in [1.165, 1.54) is 0 Å². The molecule has 0 saturated carbocycles. The number of benzene rings is 1. The molecule has 0 spiro atoms. The van der Waals surface area contributed by atoms with Gasteiger partial charge in [0.05, 0.1) is 19.0 Å². The second-order valence-electron chi connectivity index (χ2n) is 5.11. The smallest absolute Gasteiger partial charge is 0.165 e. The molecule has 0 fully saturated rings. The van der Waals surface area contributed by atoms with Crippen LogP contribution in [0.5, 0.6) is 5.75 Å². The number of phenols is 1. The lowest BCUT2D eigenvalue weighted by atomic mass is 10.1. The summed E-state index contributed by atoms with van der Waals surface area (Å²) < 4.78 is 7.06. The van der Waals surface area contributed by atoms with Gasteiger partial charge in [-0.25, -0.2) is 4.98 Å². The van der Waals surface area contributed by atoms with Crippen LogP contribution < -0.4 is 5.32 Å². The maximum absolute atomic E-state index is 9.66. The molecule has 0 aliphatic carbocycles. The normalized spacial score (nSPS) is 11.0. The van der Waals surface area contributed by atoms with Crippen LogP contribution in [0.1, 0.15) is 5.76 Å². The van der Waals surface area contributed by atoms with E-state index >= 15 is 0 Å². The molecular weight excluding hydrogens is 292 g/mol. The second kappa shape index (κ2) is 5.49. The molecular formula is C17H14N4O2. The van der Waals surface area contributed by atoms with Gasteiger partial charge in [-0.05, 0) is 35.9 Å². The molecule has 0 unspecified atom stereocenters. The minimum atomic E-state index is 0.217. The fourth-order valence-electron chi connectivity index (χ4n) is 2.49. The van der Waals surface area contributed by atoms with Gasteiger partial charge in [-0.1, -0.05) is 12.1 Å². The Kier molecular flexibility index (Phi) is 3.20. The zero-order valence-electron chi connectivity index (χ0n) is 12.2. The summed E-state index contributed by atoms with van der Waals surface area (Å²) >= 11 is 0. The number of furan rings is 1. The second-order valence-corrected chi connectivity index (χ2v) is 5.11. The first kappa shape index (κ1) is 13.4. The summed E-state index contributed by atoms with van der Waals surface area (Å²) in [5.41, 5.74) is 2.46. The topological polar surface area (TPSA) is 75.6 Å². The van der Waals surface area contributed by atoms with E-state index in [2.05, 4.69) is 15.4 Å². The molecule has 3 heterocycles. The van der Waals surface area contributed by atoms with Crippen LogP contribution in [0, 0.1) is 0 Å². The molecule has 6 nitrogen and oxygen atoms in total. The van der Waals surface area contributed by atoms with Crippen molar-refractivity contribution in [2.75, 3.05) is 5.32 Å². The fourth-order valence-corrected chi connectivity index (χ4v) is 2.49. The zero-order valence-corrected chi connectivity index (χ0v) is 12.2. The van der Waals surface area contributed by atoms with Crippen LogP contribution in [0.3, 0.4) is 0 Å². The van der Waals surface area contributed by atoms with E-state index in [0.717, 1.165) is 28.4 Å². The van der Waals surface area contributed by atoms with Crippen LogP contribution in [0.4, 0.5) is 5.82 Å². The van der Waals surface area contributed by atoms with Crippen molar-refractivity contribution < 1.29 is 9.52 Å². The summed E-state index contributed by atoms with van der Waals surface area (Å²) in [7, 11) is 0. The number of nitrogens with zero attached hydrogens (tertiary/aromatic N) is 3. The molecule has 0 amide bonds. The summed E-state index contributed by atoms with van der Waals surface area (Å²) in [6.45, 7) is 0.563. The number of hydrogen-bond acceptors (Lipinski definition) is 5. The van der Waals surface area contributed by atoms with Crippen LogP contribution in [-0.4, -0.2) is 19.7 Å². The van der Waals surface area contributed by atoms with Gasteiger partial charge in [-0.3, -0.25) is 0 Å². The standard InChI is InChI=1S/C17H14N4O2/c22-13-4-1-3-12(9-13)15-11-20-21-16(6-7-18-17(15)21)19-10-14-5-2-8-23-14/h1-9,11,19,22H,10H2. The first-order valence-corrected chi connectivity index (χ1v) is 7.20. The third kappa shape index (κ3) is 2.50. The van der Waals surface area contributed by atoms with Gasteiger partial charge in [0.15, 0.2) is 5.65 Å². The minimum absolute atomic E-state index is 0.217. The van der Waals surface area contributed by atoms with Crippen molar-refractivity contribution in [3.05, 3.63) is 66.9 Å². The van der Waals surface area contributed by atoms with Gasteiger partial charge < -0.3 is 14.8 Å². The van der Waals surface area contributed by atoms with Crippen LogP contribution in [0.15, 0.2) is 65.5 Å². The molecule has 114 valence electrons. The van der Waals surface area contributed by atoms with E-state index in [-0.39, 0.29) is 5.75 Å². The largest absolute Gasteiger partial charge is 0.508 e. The lowest BCUT2D eigenvalue weighted by Gasteiger charge is -2.07. The molecule has 6 heteroatoms. The van der Waals surface area contributed by atoms with Gasteiger partial charge in [0, 0.05) is 11.8 Å². The Morgan fingerprint density at radius 1 is 1.17 bits per heavy atom. The molecule has 0 radical (unpaired) electrons. The summed E-state index contributed by atoms with van der Waals surface area (Å²) in [6, 6.07) is 12.7. The number of aromatic nitrogens is 3. The number of phenolic OH excluding ortho intramolecular Hbond substituents is 1. The molecule has 0 bridgehead atoms. The van der Waals surface area contributed by atoms with Crippen molar-refractivity contribution in [3.63, 3.8) is 0 Å². The SMILES string of the molecule is Oc1cccc(-c2cnn3c(NCc4ccco4)ccnc23)c1. The van der Waals surface area contributed by atoms with Gasteiger partial charge in [0.1, 0.15) is 17.3 Å². The van der Waals surface area contributed by atoms with Crippen LogP contribution in [-0.2, 0) is 6.54 Å². The Bertz CT molecular complexity index is 944. The van der Waals surface area contributed by atoms with Gasteiger partial charge in [0.2, 0.25) is 0 Å². The van der Waals surface area contributed by atoms with E-state index in [1.807, 2.05) is 24.3 Å². The summed E-state index contributed by atoms with van der Waals surface area (Å²) in [5, 5.41) is 17.3. The molecule has 0 aliphatic heterocycles. The Morgan fingerprint density at radius 2 is 2.13 bits per heavy atom. The molecule has 4 aromatic rings. The van der Waals surface area contributed by atoms with Crippen molar-refractivity contribution in [2.24, 2.45) is 0 Å². The number of rotatable bonds is 4. The third-order valence-electron chi connectivity index (χ3n) is 3.58. The van der Waals surface area contributed by atoms with E-state index < -0.39 is 0 Å². The van der Waals surface area contributed by atoms with Gasteiger partial charge in [-0.2, -0.15) is 9.61 Å². The number of aromatic hydroxyl groups is 1. The van der Waals surface area contributed by atoms with Crippen molar-refractivity contribution in [2.45, 2.75) is 6.54 Å². The quantitative estimate of drug-likeness (QED) is 0.605. The van der Waals surface area contributed by atoms with Crippen molar-refractivity contribution in [1.29, 1.82) is 0 Å². The lowest BCUT2D eigenvalue weighted by Crippen LogP contribution is -2.05. The average Bonchev–Trinajstić information content (AvgIpc) is 3.22. The van der Waals surface area contributed by atoms with Crippen molar-refractivity contribution in [3.8, 4) is 16.9 Å². The van der Waals surface area contributed by atoms with E-state index in [9.17, 15) is 5.11 Å². The predicted octanol–water partition coefficient (Wildman–Crippen LogP) is 3.31. The van der Waals surface area contributed by atoms with Crippen molar-refractivity contribution >= 4 is 11.5 Å². The molecule has 0 aliphatic rings. The number of anilines is 1. The summed E-state index contributed by atoms with van der Waals surface area (Å²) in [6.07, 6.45) is 5.12. The highest BCUT2D eigenvalue weighted by molar-refractivity contribution is 5.78. The minimum Gasteiger partial charge on any atom is -0.508 e. The van der Waals surface area contributed by atoms with E-state index in [4.69, 9.17) is 4.42 Å². The van der Waals surface area contributed by atoms with Crippen LogP contribution in [0.25, 0.3) is 16.8 Å². The molecule has 1 aromatic carbocycles. The average molecular weight is 306 g/mol.